The molecule has 2 aromatic rings. The monoisotopic (exact) mass is 531 g/mol. The van der Waals surface area contributed by atoms with Gasteiger partial charge in [0.05, 0.1) is 6.07 Å². The standard InChI is InChI=1S/C27H25F4N3O2S/c28-22-10-8-21(9-11-22)26(27(29,30)31,13-12-19-6-7-19)33-23(24(35)34-25(18-32)14-15-25)17-37(36)16-20-4-2-1-3-5-20/h1-5,8-11,19,23,33H,6-7,14-17H2,(H,34,35)/t23-,26-,37?/m0/s1. The molecule has 0 saturated heterocycles. The Morgan fingerprint density at radius 2 is 1.78 bits per heavy atom. The Balaban J connectivity index is 1.70. The van der Waals surface area contributed by atoms with Crippen LogP contribution in [-0.2, 0) is 27.3 Å². The van der Waals surface area contributed by atoms with Gasteiger partial charge in [-0.25, -0.2) is 4.39 Å². The van der Waals surface area contributed by atoms with Crippen molar-refractivity contribution in [1.29, 1.82) is 5.26 Å². The van der Waals surface area contributed by atoms with E-state index in [2.05, 4.69) is 22.5 Å². The van der Waals surface area contributed by atoms with E-state index in [4.69, 9.17) is 0 Å². The lowest BCUT2D eigenvalue weighted by Crippen LogP contribution is -2.62. The van der Waals surface area contributed by atoms with Crippen molar-refractivity contribution in [2.24, 2.45) is 5.92 Å². The van der Waals surface area contributed by atoms with Crippen LogP contribution in [-0.4, -0.2) is 34.0 Å². The van der Waals surface area contributed by atoms with Crippen molar-refractivity contribution in [1.82, 2.24) is 10.6 Å². The smallest absolute Gasteiger partial charge is 0.422 e. The number of alkyl halides is 3. The Morgan fingerprint density at radius 1 is 1.14 bits per heavy atom. The van der Waals surface area contributed by atoms with Crippen LogP contribution in [0.2, 0.25) is 0 Å². The number of nitriles is 1. The van der Waals surface area contributed by atoms with E-state index in [9.17, 15) is 32.2 Å². The molecule has 2 saturated carbocycles. The summed E-state index contributed by atoms with van der Waals surface area (Å²) in [5.74, 6) is 2.74. The fourth-order valence-corrected chi connectivity index (χ4v) is 5.10. The number of hydrogen-bond acceptors (Lipinski definition) is 4. The van der Waals surface area contributed by atoms with Gasteiger partial charge in [-0.1, -0.05) is 54.3 Å². The van der Waals surface area contributed by atoms with Crippen molar-refractivity contribution in [3.8, 4) is 17.9 Å². The molecule has 2 fully saturated rings. The van der Waals surface area contributed by atoms with Gasteiger partial charge >= 0.3 is 6.18 Å². The zero-order valence-electron chi connectivity index (χ0n) is 19.8. The van der Waals surface area contributed by atoms with Crippen LogP contribution in [0.5, 0.6) is 0 Å². The fourth-order valence-electron chi connectivity index (χ4n) is 3.81. The van der Waals surface area contributed by atoms with Crippen molar-refractivity contribution < 1.29 is 26.9 Å². The van der Waals surface area contributed by atoms with Gasteiger partial charge in [-0.15, -0.1) is 0 Å². The molecule has 5 nitrogen and oxygen atoms in total. The van der Waals surface area contributed by atoms with E-state index in [-0.39, 0.29) is 17.2 Å². The van der Waals surface area contributed by atoms with Crippen LogP contribution in [0.3, 0.4) is 0 Å². The lowest BCUT2D eigenvalue weighted by atomic mass is 9.88. The fraction of sp³-hybridized carbons (Fsp3) is 0.407. The maximum Gasteiger partial charge on any atom is 0.422 e. The minimum Gasteiger partial charge on any atom is -0.616 e. The normalized spacial score (nSPS) is 19.4. The van der Waals surface area contributed by atoms with Crippen molar-refractivity contribution in [3.63, 3.8) is 0 Å². The molecule has 4 rings (SSSR count). The molecule has 194 valence electrons. The van der Waals surface area contributed by atoms with Crippen molar-refractivity contribution >= 4 is 17.1 Å². The number of amides is 1. The number of halogens is 4. The quantitative estimate of drug-likeness (QED) is 0.290. The highest BCUT2D eigenvalue weighted by Gasteiger charge is 2.58. The molecule has 0 radical (unpaired) electrons. The molecular formula is C27H25F4N3O2S. The van der Waals surface area contributed by atoms with Gasteiger partial charge in [0.25, 0.3) is 0 Å². The summed E-state index contributed by atoms with van der Waals surface area (Å²) in [6, 6.07) is 12.9. The molecule has 2 aromatic carbocycles. The third-order valence-corrected chi connectivity index (χ3v) is 7.66. The van der Waals surface area contributed by atoms with Crippen LogP contribution in [0, 0.1) is 34.9 Å². The summed E-state index contributed by atoms with van der Waals surface area (Å²) >= 11 is -1.74. The summed E-state index contributed by atoms with van der Waals surface area (Å²) in [5.41, 5.74) is -3.85. The molecule has 0 bridgehead atoms. The second-order valence-electron chi connectivity index (χ2n) is 9.41. The molecule has 2 N–H and O–H groups in total. The highest BCUT2D eigenvalue weighted by molar-refractivity contribution is 7.90. The van der Waals surface area contributed by atoms with Gasteiger partial charge in [-0.2, -0.15) is 18.4 Å². The molecular weight excluding hydrogens is 506 g/mol. The van der Waals surface area contributed by atoms with E-state index in [1.165, 1.54) is 0 Å². The van der Waals surface area contributed by atoms with Crippen LogP contribution in [0.1, 0.15) is 36.8 Å². The highest BCUT2D eigenvalue weighted by atomic mass is 32.2. The lowest BCUT2D eigenvalue weighted by Gasteiger charge is -2.36. The van der Waals surface area contributed by atoms with Crippen LogP contribution in [0.25, 0.3) is 0 Å². The van der Waals surface area contributed by atoms with Crippen LogP contribution >= 0.6 is 0 Å². The van der Waals surface area contributed by atoms with Crippen molar-refractivity contribution in [2.45, 2.75) is 54.7 Å². The number of rotatable bonds is 9. The third-order valence-electron chi connectivity index (χ3n) is 6.30. The number of nitrogens with one attached hydrogen (secondary N) is 2. The molecule has 0 aliphatic heterocycles. The number of benzene rings is 2. The summed E-state index contributed by atoms with van der Waals surface area (Å²) in [4.78, 5) is 13.3. The average Bonchev–Trinajstić information content (AvgIpc) is 3.78. The van der Waals surface area contributed by atoms with Crippen LogP contribution in [0.15, 0.2) is 54.6 Å². The van der Waals surface area contributed by atoms with E-state index in [1.54, 1.807) is 30.3 Å². The van der Waals surface area contributed by atoms with Gasteiger partial charge in [0.1, 0.15) is 28.9 Å². The van der Waals surface area contributed by atoms with Crippen LogP contribution < -0.4 is 10.6 Å². The Labute approximate surface area is 215 Å². The van der Waals surface area contributed by atoms with Crippen molar-refractivity contribution in [2.75, 3.05) is 5.75 Å². The molecule has 0 spiro atoms. The Kier molecular flexibility index (Phi) is 7.84. The zero-order valence-corrected chi connectivity index (χ0v) is 20.6. The highest BCUT2D eigenvalue weighted by Crippen LogP contribution is 2.41. The second kappa shape index (κ2) is 10.7. The van der Waals surface area contributed by atoms with Crippen molar-refractivity contribution in [3.05, 3.63) is 71.5 Å². The largest absolute Gasteiger partial charge is 0.616 e. The SMILES string of the molecule is N#CC1(NC(=O)[C@H](C[S+]([O-])Cc2ccccc2)N[C@@](C#CC2CC2)(c2ccc(F)cc2)C(F)(F)F)CC1. The minimum absolute atomic E-state index is 0.0268. The molecule has 37 heavy (non-hydrogen) atoms. The number of hydrogen-bond donors (Lipinski definition) is 2. The van der Waals surface area contributed by atoms with Gasteiger partial charge in [-0.05, 0) is 54.6 Å². The Hall–Kier alpha value is -3.05. The number of carbonyl (C=O) groups is 1. The first-order valence-electron chi connectivity index (χ1n) is 11.8. The zero-order chi connectivity index (χ0) is 26.7. The summed E-state index contributed by atoms with van der Waals surface area (Å²) < 4.78 is 71.2. The average molecular weight is 532 g/mol. The summed E-state index contributed by atoms with van der Waals surface area (Å²) in [6.45, 7) is 0. The summed E-state index contributed by atoms with van der Waals surface area (Å²) in [5, 5.41) is 14.3. The molecule has 3 atom stereocenters. The van der Waals surface area contributed by atoms with E-state index < -0.39 is 51.9 Å². The molecule has 2 aliphatic rings. The molecule has 1 amide bonds. The van der Waals surface area contributed by atoms with E-state index in [0.29, 0.717) is 31.2 Å². The van der Waals surface area contributed by atoms with Gasteiger partial charge in [0, 0.05) is 11.5 Å². The summed E-state index contributed by atoms with van der Waals surface area (Å²) in [6.07, 6.45) is -2.93. The predicted molar refractivity (Wildman–Crippen MR) is 130 cm³/mol. The molecule has 0 aromatic heterocycles. The second-order valence-corrected chi connectivity index (χ2v) is 10.9. The predicted octanol–water partition coefficient (Wildman–Crippen LogP) is 4.08. The summed E-state index contributed by atoms with van der Waals surface area (Å²) in [7, 11) is 0. The molecule has 0 heterocycles. The lowest BCUT2D eigenvalue weighted by molar-refractivity contribution is -0.184. The minimum atomic E-state index is -5.02. The number of carbonyl (C=O) groups excluding carboxylic acids is 1. The topological polar surface area (TPSA) is 88.0 Å². The first-order chi connectivity index (χ1) is 17.6. The van der Waals surface area contributed by atoms with Gasteiger partial charge in [0.15, 0.2) is 0 Å². The van der Waals surface area contributed by atoms with Gasteiger partial charge in [0.2, 0.25) is 11.4 Å². The van der Waals surface area contributed by atoms with E-state index in [1.807, 2.05) is 6.07 Å². The molecule has 1 unspecified atom stereocenters. The molecule has 2 aliphatic carbocycles. The van der Waals surface area contributed by atoms with Gasteiger partial charge in [-0.3, -0.25) is 10.1 Å². The third kappa shape index (κ3) is 6.64. The first kappa shape index (κ1) is 27.0. The number of nitrogens with zero attached hydrogens (tertiary/aromatic N) is 1. The molecule has 10 heteroatoms. The Morgan fingerprint density at radius 3 is 2.32 bits per heavy atom. The maximum absolute atomic E-state index is 14.8. The maximum atomic E-state index is 14.8. The Bertz CT molecular complexity index is 1210. The van der Waals surface area contributed by atoms with Gasteiger partial charge < -0.3 is 9.87 Å². The van der Waals surface area contributed by atoms with E-state index >= 15 is 0 Å². The van der Waals surface area contributed by atoms with E-state index in [0.717, 1.165) is 24.3 Å². The van der Waals surface area contributed by atoms with Crippen LogP contribution in [0.4, 0.5) is 17.6 Å². The first-order valence-corrected chi connectivity index (χ1v) is 13.3.